The number of alkyl halides is 3. The van der Waals surface area contributed by atoms with E-state index in [-0.39, 0.29) is 17.9 Å². The van der Waals surface area contributed by atoms with Gasteiger partial charge in [-0.3, -0.25) is 14.3 Å². The van der Waals surface area contributed by atoms with E-state index in [0.29, 0.717) is 54.0 Å². The van der Waals surface area contributed by atoms with Gasteiger partial charge in [-0.2, -0.15) is 13.2 Å². The first-order valence-electron chi connectivity index (χ1n) is 14.7. The van der Waals surface area contributed by atoms with Gasteiger partial charge in [0, 0.05) is 37.3 Å². The summed E-state index contributed by atoms with van der Waals surface area (Å²) in [6, 6.07) is 16.8. The summed E-state index contributed by atoms with van der Waals surface area (Å²) in [5, 5.41) is 0.768. The van der Waals surface area contributed by atoms with Gasteiger partial charge in [-0.1, -0.05) is 30.4 Å². The van der Waals surface area contributed by atoms with E-state index in [0.717, 1.165) is 42.8 Å². The number of aromatic nitrogens is 2. The molecular weight excluding hydrogens is 608 g/mol. The van der Waals surface area contributed by atoms with Crippen LogP contribution in [0.5, 0.6) is 5.75 Å². The van der Waals surface area contributed by atoms with E-state index < -0.39 is 23.6 Å². The van der Waals surface area contributed by atoms with E-state index in [1.54, 1.807) is 12.0 Å². The molecule has 2 heterocycles. The van der Waals surface area contributed by atoms with Crippen LogP contribution >= 0.6 is 12.2 Å². The van der Waals surface area contributed by atoms with Crippen LogP contribution in [0.3, 0.4) is 0 Å². The van der Waals surface area contributed by atoms with E-state index in [1.165, 1.54) is 0 Å². The molecule has 1 aliphatic heterocycles. The lowest BCUT2D eigenvalue weighted by atomic mass is 10.1. The second-order valence-corrected chi connectivity index (χ2v) is 11.3. The van der Waals surface area contributed by atoms with E-state index in [4.69, 9.17) is 26.7 Å². The second kappa shape index (κ2) is 14.1. The van der Waals surface area contributed by atoms with Gasteiger partial charge >= 0.3 is 6.18 Å². The number of amides is 1. The molecule has 4 aromatic rings. The number of carbonyl (C=O) groups is 1. The predicted octanol–water partition coefficient (Wildman–Crippen LogP) is 6.78. The van der Waals surface area contributed by atoms with Crippen molar-refractivity contribution in [3.8, 4) is 11.4 Å². The zero-order valence-electron chi connectivity index (χ0n) is 25.0. The Balaban J connectivity index is 1.52. The molecule has 1 atom stereocenters. The number of carbonyl (C=O) groups excluding carboxylic acids is 1. The number of nitrogens with zero attached hydrogens (tertiary/aromatic N) is 4. The van der Waals surface area contributed by atoms with Gasteiger partial charge in [-0.25, -0.2) is 9.37 Å². The average molecular weight is 643 g/mol. The summed E-state index contributed by atoms with van der Waals surface area (Å²) in [4.78, 5) is 22.8. The van der Waals surface area contributed by atoms with E-state index in [1.807, 2.05) is 60.0 Å². The number of ether oxygens (including phenoxy) is 2. The highest BCUT2D eigenvalue weighted by Crippen LogP contribution is 2.32. The van der Waals surface area contributed by atoms with Crippen molar-refractivity contribution in [2.24, 2.45) is 0 Å². The molecule has 0 bridgehead atoms. The molecule has 45 heavy (non-hydrogen) atoms. The highest BCUT2D eigenvalue weighted by Gasteiger charge is 2.34. The molecule has 0 aliphatic carbocycles. The Kier molecular flexibility index (Phi) is 10.2. The maximum absolute atomic E-state index is 14.4. The van der Waals surface area contributed by atoms with Crippen LogP contribution < -0.4 is 4.74 Å². The quantitative estimate of drug-likeness (QED) is 0.141. The summed E-state index contributed by atoms with van der Waals surface area (Å²) in [6.07, 6.45) is -4.48. The molecule has 1 unspecified atom stereocenters. The molecule has 3 aromatic carbocycles. The van der Waals surface area contributed by atoms with E-state index >= 15 is 0 Å². The monoisotopic (exact) mass is 642 g/mol. The number of hydrogen-bond acceptors (Lipinski definition) is 6. The summed E-state index contributed by atoms with van der Waals surface area (Å²) in [6.45, 7) is 5.78. The number of methoxy groups -OCH3 is 1. The molecule has 5 rings (SSSR count). The summed E-state index contributed by atoms with van der Waals surface area (Å²) in [7, 11) is 1.58. The van der Waals surface area contributed by atoms with Crippen molar-refractivity contribution < 1.29 is 31.8 Å². The number of morpholine rings is 1. The molecule has 0 radical (unpaired) electrons. The van der Waals surface area contributed by atoms with E-state index in [2.05, 4.69) is 4.90 Å². The lowest BCUT2D eigenvalue weighted by molar-refractivity contribution is -0.140. The van der Waals surface area contributed by atoms with Crippen molar-refractivity contribution in [3.05, 3.63) is 94.1 Å². The maximum atomic E-state index is 14.4. The Bertz CT molecular complexity index is 1710. The van der Waals surface area contributed by atoms with Gasteiger partial charge in [0.1, 0.15) is 22.0 Å². The highest BCUT2D eigenvalue weighted by atomic mass is 32.1. The number of benzene rings is 3. The number of rotatable bonds is 10. The van der Waals surface area contributed by atoms with Crippen LogP contribution in [-0.4, -0.2) is 71.8 Å². The molecule has 0 N–H and O–H groups in total. The van der Waals surface area contributed by atoms with Crippen LogP contribution in [0.2, 0.25) is 0 Å². The Hall–Kier alpha value is -3.87. The Labute approximate surface area is 264 Å². The first-order valence-corrected chi connectivity index (χ1v) is 15.1. The van der Waals surface area contributed by atoms with Crippen LogP contribution in [0.4, 0.5) is 17.6 Å². The summed E-state index contributed by atoms with van der Waals surface area (Å²) in [5.74, 6) is -0.603. The highest BCUT2D eigenvalue weighted by molar-refractivity contribution is 7.71. The maximum Gasteiger partial charge on any atom is 0.419 e. The molecule has 1 amide bonds. The van der Waals surface area contributed by atoms with Gasteiger partial charge in [-0.05, 0) is 67.4 Å². The standard InChI is InChI=1S/C33H34F4N4O3S/c1-22(31-38-29-7-4-3-6-26(29)32(45)41(31)24-9-11-25(43-2)12-10-24)40(15-5-14-39-16-18-44-19-17-39)30(42)21-23-8-13-27(28(34)20-23)33(35,36)37/h3-4,6-13,20,22H,5,14-19,21H2,1-2H3. The first kappa shape index (κ1) is 32.5. The van der Waals surface area contributed by atoms with Crippen LogP contribution in [0.25, 0.3) is 16.6 Å². The smallest absolute Gasteiger partial charge is 0.419 e. The number of fused-ring (bicyclic) bond motifs is 1. The molecule has 1 saturated heterocycles. The molecular formula is C33H34F4N4O3S. The Morgan fingerprint density at radius 2 is 1.80 bits per heavy atom. The molecule has 1 aromatic heterocycles. The van der Waals surface area contributed by atoms with Gasteiger partial charge < -0.3 is 14.4 Å². The SMILES string of the molecule is COc1ccc(-n2c(C(C)N(CCCN3CCOCC3)C(=O)Cc3ccc(C(F)(F)F)c(F)c3)nc3ccccc3c2=S)cc1. The first-order chi connectivity index (χ1) is 21.6. The van der Waals surface area contributed by atoms with Gasteiger partial charge in [0.15, 0.2) is 0 Å². The molecule has 238 valence electrons. The third kappa shape index (κ3) is 7.51. The minimum Gasteiger partial charge on any atom is -0.497 e. The topological polar surface area (TPSA) is 59.8 Å². The fraction of sp³-hybridized carbons (Fsp3) is 0.364. The fourth-order valence-electron chi connectivity index (χ4n) is 5.55. The predicted molar refractivity (Wildman–Crippen MR) is 166 cm³/mol. The minimum atomic E-state index is -4.83. The van der Waals surface area contributed by atoms with Gasteiger partial charge in [-0.15, -0.1) is 0 Å². The van der Waals surface area contributed by atoms with Crippen molar-refractivity contribution in [2.45, 2.75) is 32.0 Å². The van der Waals surface area contributed by atoms with Crippen molar-refractivity contribution in [3.63, 3.8) is 0 Å². The zero-order valence-corrected chi connectivity index (χ0v) is 25.8. The molecule has 1 fully saturated rings. The third-order valence-electron chi connectivity index (χ3n) is 7.97. The fourth-order valence-corrected chi connectivity index (χ4v) is 5.92. The number of halogens is 4. The average Bonchev–Trinajstić information content (AvgIpc) is 3.03. The summed E-state index contributed by atoms with van der Waals surface area (Å²) >= 11 is 5.97. The second-order valence-electron chi connectivity index (χ2n) is 10.9. The lowest BCUT2D eigenvalue weighted by Gasteiger charge is -2.32. The number of para-hydroxylation sites is 1. The van der Waals surface area contributed by atoms with Crippen molar-refractivity contribution in [1.29, 1.82) is 0 Å². The van der Waals surface area contributed by atoms with Crippen molar-refractivity contribution in [1.82, 2.24) is 19.4 Å². The van der Waals surface area contributed by atoms with Crippen LogP contribution in [0.15, 0.2) is 66.7 Å². The van der Waals surface area contributed by atoms with Crippen LogP contribution in [0.1, 0.15) is 36.3 Å². The summed E-state index contributed by atoms with van der Waals surface area (Å²) in [5.41, 5.74) is 0.175. The summed E-state index contributed by atoms with van der Waals surface area (Å²) < 4.78 is 67.1. The molecule has 0 saturated carbocycles. The Morgan fingerprint density at radius 3 is 2.47 bits per heavy atom. The van der Waals surface area contributed by atoms with Gasteiger partial charge in [0.25, 0.3) is 0 Å². The van der Waals surface area contributed by atoms with Gasteiger partial charge in [0.2, 0.25) is 5.91 Å². The van der Waals surface area contributed by atoms with Crippen molar-refractivity contribution in [2.75, 3.05) is 46.5 Å². The van der Waals surface area contributed by atoms with Gasteiger partial charge in [0.05, 0.1) is 43.9 Å². The number of hydrogen-bond donors (Lipinski definition) is 0. The lowest BCUT2D eigenvalue weighted by Crippen LogP contribution is -2.41. The minimum absolute atomic E-state index is 0.148. The molecule has 7 nitrogen and oxygen atoms in total. The molecule has 12 heteroatoms. The van der Waals surface area contributed by atoms with Crippen LogP contribution in [0, 0.1) is 10.5 Å². The molecule has 1 aliphatic rings. The normalized spacial score (nSPS) is 14.8. The third-order valence-corrected chi connectivity index (χ3v) is 8.37. The van der Waals surface area contributed by atoms with E-state index in [9.17, 15) is 22.4 Å². The Morgan fingerprint density at radius 1 is 1.09 bits per heavy atom. The molecule has 0 spiro atoms. The zero-order chi connectivity index (χ0) is 32.1. The largest absolute Gasteiger partial charge is 0.497 e. The van der Waals surface area contributed by atoms with Crippen molar-refractivity contribution >= 4 is 29.0 Å². The van der Waals surface area contributed by atoms with Crippen LogP contribution in [-0.2, 0) is 22.1 Å².